The van der Waals surface area contributed by atoms with Crippen LogP contribution in [0, 0.1) is 0 Å². The zero-order valence-electron chi connectivity index (χ0n) is 7.38. The average Bonchev–Trinajstić information content (AvgIpc) is 2.17. The van der Waals surface area contributed by atoms with Gasteiger partial charge in [0.1, 0.15) is 0 Å². The van der Waals surface area contributed by atoms with Gasteiger partial charge in [-0.05, 0) is 31.0 Å². The number of nitrogens with zero attached hydrogens (tertiary/aromatic N) is 1. The second-order valence-electron chi connectivity index (χ2n) is 3.21. The zero-order chi connectivity index (χ0) is 8.39. The number of aromatic nitrogens is 1. The van der Waals surface area contributed by atoms with Crippen LogP contribution in [0.3, 0.4) is 0 Å². The molecule has 64 valence electrons. The minimum absolute atomic E-state index is 0.481. The van der Waals surface area contributed by atoms with Gasteiger partial charge in [-0.15, -0.1) is 0 Å². The van der Waals surface area contributed by atoms with E-state index in [1.54, 1.807) is 0 Å². The summed E-state index contributed by atoms with van der Waals surface area (Å²) < 4.78 is 0. The van der Waals surface area contributed by atoms with Crippen LogP contribution in [0.15, 0.2) is 18.3 Å². The van der Waals surface area contributed by atoms with Gasteiger partial charge in [-0.3, -0.25) is 4.98 Å². The van der Waals surface area contributed by atoms with Crippen LogP contribution in [-0.2, 0) is 6.42 Å². The van der Waals surface area contributed by atoms with E-state index >= 15 is 0 Å². The summed E-state index contributed by atoms with van der Waals surface area (Å²) in [5, 5.41) is 3.46. The molecule has 1 atom stereocenters. The number of nitrogens with one attached hydrogen (secondary N) is 1. The highest BCUT2D eigenvalue weighted by Gasteiger charge is 2.17. The van der Waals surface area contributed by atoms with Crippen LogP contribution in [-0.4, -0.2) is 11.5 Å². The molecule has 1 aliphatic rings. The van der Waals surface area contributed by atoms with Crippen molar-refractivity contribution in [1.82, 2.24) is 10.3 Å². The summed E-state index contributed by atoms with van der Waals surface area (Å²) in [6.45, 7) is 3.29. The van der Waals surface area contributed by atoms with Gasteiger partial charge in [0.2, 0.25) is 0 Å². The van der Waals surface area contributed by atoms with Crippen LogP contribution >= 0.6 is 0 Å². The van der Waals surface area contributed by atoms with E-state index in [4.69, 9.17) is 0 Å². The summed E-state index contributed by atoms with van der Waals surface area (Å²) in [5.41, 5.74) is 2.68. The first-order valence-electron chi connectivity index (χ1n) is 4.59. The lowest BCUT2D eigenvalue weighted by Gasteiger charge is -2.24. The molecule has 0 aromatic carbocycles. The first-order chi connectivity index (χ1) is 5.92. The largest absolute Gasteiger partial charge is 0.308 e. The molecule has 12 heavy (non-hydrogen) atoms. The van der Waals surface area contributed by atoms with Gasteiger partial charge in [-0.1, -0.05) is 13.0 Å². The maximum absolute atomic E-state index is 4.41. The molecule has 1 N–H and O–H groups in total. The first kappa shape index (κ1) is 7.74. The molecule has 2 heterocycles. The van der Waals surface area contributed by atoms with Crippen molar-refractivity contribution in [1.29, 1.82) is 0 Å². The van der Waals surface area contributed by atoms with Crippen LogP contribution in [0.25, 0.3) is 0 Å². The summed E-state index contributed by atoms with van der Waals surface area (Å²) in [4.78, 5) is 4.41. The Balaban J connectivity index is 2.37. The van der Waals surface area contributed by atoms with Gasteiger partial charge in [-0.25, -0.2) is 0 Å². The van der Waals surface area contributed by atoms with Gasteiger partial charge in [-0.2, -0.15) is 0 Å². The Morgan fingerprint density at radius 1 is 1.67 bits per heavy atom. The van der Waals surface area contributed by atoms with Crippen molar-refractivity contribution in [3.05, 3.63) is 29.6 Å². The standard InChI is InChI=1S/C10H14N2/c1-2-9-10-8(5-7-11-9)4-3-6-12-10/h3-4,6,9,11H,2,5,7H2,1H3. The van der Waals surface area contributed by atoms with E-state index in [0.717, 1.165) is 19.4 Å². The van der Waals surface area contributed by atoms with Gasteiger partial charge < -0.3 is 5.32 Å². The van der Waals surface area contributed by atoms with Crippen molar-refractivity contribution in [2.45, 2.75) is 25.8 Å². The molecule has 0 fully saturated rings. The van der Waals surface area contributed by atoms with E-state index < -0.39 is 0 Å². The fourth-order valence-electron chi connectivity index (χ4n) is 1.79. The van der Waals surface area contributed by atoms with Crippen LogP contribution in [0.4, 0.5) is 0 Å². The molecule has 0 amide bonds. The topological polar surface area (TPSA) is 24.9 Å². The Labute approximate surface area is 73.0 Å². The van der Waals surface area contributed by atoms with E-state index in [2.05, 4.69) is 23.3 Å². The molecule has 1 aromatic heterocycles. The Hall–Kier alpha value is -0.890. The predicted octanol–water partition coefficient (Wildman–Crippen LogP) is 1.68. The molecule has 0 bridgehead atoms. The molecule has 1 aromatic rings. The minimum Gasteiger partial charge on any atom is -0.308 e. The number of pyridine rings is 1. The Kier molecular flexibility index (Phi) is 2.09. The third-order valence-corrected chi connectivity index (χ3v) is 2.45. The lowest BCUT2D eigenvalue weighted by Crippen LogP contribution is -2.30. The molecule has 1 unspecified atom stereocenters. The first-order valence-corrected chi connectivity index (χ1v) is 4.59. The van der Waals surface area contributed by atoms with E-state index in [1.807, 2.05) is 12.3 Å². The molecule has 1 aliphatic heterocycles. The van der Waals surface area contributed by atoms with E-state index in [-0.39, 0.29) is 0 Å². The van der Waals surface area contributed by atoms with Gasteiger partial charge in [0.05, 0.1) is 5.69 Å². The average molecular weight is 162 g/mol. The Morgan fingerprint density at radius 3 is 3.42 bits per heavy atom. The van der Waals surface area contributed by atoms with E-state index in [0.29, 0.717) is 6.04 Å². The second-order valence-corrected chi connectivity index (χ2v) is 3.21. The zero-order valence-corrected chi connectivity index (χ0v) is 7.38. The van der Waals surface area contributed by atoms with Crippen molar-refractivity contribution in [2.75, 3.05) is 6.54 Å². The number of rotatable bonds is 1. The lowest BCUT2D eigenvalue weighted by molar-refractivity contribution is 0.479. The Morgan fingerprint density at radius 2 is 2.58 bits per heavy atom. The van der Waals surface area contributed by atoms with Crippen molar-refractivity contribution in [3.63, 3.8) is 0 Å². The molecule has 2 rings (SSSR count). The van der Waals surface area contributed by atoms with Crippen LogP contribution in [0.2, 0.25) is 0 Å². The quantitative estimate of drug-likeness (QED) is 0.679. The number of fused-ring (bicyclic) bond motifs is 1. The van der Waals surface area contributed by atoms with Gasteiger partial charge in [0, 0.05) is 12.2 Å². The maximum Gasteiger partial charge on any atom is 0.0605 e. The lowest BCUT2D eigenvalue weighted by atomic mass is 9.98. The molecule has 0 aliphatic carbocycles. The van der Waals surface area contributed by atoms with Crippen molar-refractivity contribution >= 4 is 0 Å². The summed E-state index contributed by atoms with van der Waals surface area (Å²) in [7, 11) is 0. The van der Waals surface area contributed by atoms with Crippen LogP contribution in [0.5, 0.6) is 0 Å². The third kappa shape index (κ3) is 1.23. The fraction of sp³-hybridized carbons (Fsp3) is 0.500. The molecule has 2 nitrogen and oxygen atoms in total. The SMILES string of the molecule is CCC1NCCc2cccnc21. The molecular formula is C10H14N2. The number of hydrogen-bond donors (Lipinski definition) is 1. The molecule has 0 saturated carbocycles. The van der Waals surface area contributed by atoms with Crippen LogP contribution < -0.4 is 5.32 Å². The van der Waals surface area contributed by atoms with Crippen LogP contribution in [0.1, 0.15) is 30.6 Å². The fourth-order valence-corrected chi connectivity index (χ4v) is 1.79. The normalized spacial score (nSPS) is 21.9. The van der Waals surface area contributed by atoms with Crippen molar-refractivity contribution < 1.29 is 0 Å². The highest BCUT2D eigenvalue weighted by molar-refractivity contribution is 5.25. The second kappa shape index (κ2) is 3.23. The van der Waals surface area contributed by atoms with E-state index in [9.17, 15) is 0 Å². The van der Waals surface area contributed by atoms with Gasteiger partial charge >= 0.3 is 0 Å². The molecule has 0 saturated heterocycles. The maximum atomic E-state index is 4.41. The van der Waals surface area contributed by atoms with Gasteiger partial charge in [0.15, 0.2) is 0 Å². The monoisotopic (exact) mass is 162 g/mol. The minimum atomic E-state index is 0.481. The summed E-state index contributed by atoms with van der Waals surface area (Å²) >= 11 is 0. The summed E-state index contributed by atoms with van der Waals surface area (Å²) in [5.74, 6) is 0. The van der Waals surface area contributed by atoms with Crippen molar-refractivity contribution in [3.8, 4) is 0 Å². The number of hydrogen-bond acceptors (Lipinski definition) is 2. The highest BCUT2D eigenvalue weighted by Crippen LogP contribution is 2.21. The molecule has 0 radical (unpaired) electrons. The smallest absolute Gasteiger partial charge is 0.0605 e. The highest BCUT2D eigenvalue weighted by atomic mass is 14.9. The van der Waals surface area contributed by atoms with Crippen molar-refractivity contribution in [2.24, 2.45) is 0 Å². The molecule has 2 heteroatoms. The molecular weight excluding hydrogens is 148 g/mol. The summed E-state index contributed by atoms with van der Waals surface area (Å²) in [6.07, 6.45) is 4.14. The third-order valence-electron chi connectivity index (χ3n) is 2.45. The summed E-state index contributed by atoms with van der Waals surface area (Å²) in [6, 6.07) is 4.69. The molecule has 0 spiro atoms. The van der Waals surface area contributed by atoms with E-state index in [1.165, 1.54) is 11.3 Å². The Bertz CT molecular complexity index is 270. The predicted molar refractivity (Wildman–Crippen MR) is 49.0 cm³/mol. The van der Waals surface area contributed by atoms with Gasteiger partial charge in [0.25, 0.3) is 0 Å².